The van der Waals surface area contributed by atoms with Crippen molar-refractivity contribution in [3.8, 4) is 11.1 Å². The highest BCUT2D eigenvalue weighted by Gasteiger charge is 2.18. The predicted molar refractivity (Wildman–Crippen MR) is 104 cm³/mol. The number of benzene rings is 2. The molecule has 0 saturated heterocycles. The molecule has 0 aromatic heterocycles. The Labute approximate surface area is 159 Å². The van der Waals surface area contributed by atoms with Crippen LogP contribution in [0.1, 0.15) is 43.5 Å². The summed E-state index contributed by atoms with van der Waals surface area (Å²) in [5.41, 5.74) is 2.66. The van der Waals surface area contributed by atoms with Crippen molar-refractivity contribution in [2.75, 3.05) is 6.54 Å². The molecule has 1 atom stereocenters. The number of nitrogens with one attached hydrogen (secondary N) is 1. The Balaban J connectivity index is 1.83. The lowest BCUT2D eigenvalue weighted by atomic mass is 10.0. The van der Waals surface area contributed by atoms with Gasteiger partial charge in [-0.25, -0.2) is 0 Å². The van der Waals surface area contributed by atoms with Crippen LogP contribution in [0, 0.1) is 0 Å². The number of esters is 1. The second-order valence-corrected chi connectivity index (χ2v) is 6.29. The van der Waals surface area contributed by atoms with Gasteiger partial charge < -0.3 is 10.1 Å². The molecule has 5 nitrogen and oxygen atoms in total. The summed E-state index contributed by atoms with van der Waals surface area (Å²) in [6.07, 6.45) is -0.0501. The quantitative estimate of drug-likeness (QED) is 0.541. The van der Waals surface area contributed by atoms with Crippen molar-refractivity contribution >= 4 is 17.7 Å². The molecule has 0 spiro atoms. The Bertz CT molecular complexity index is 769. The van der Waals surface area contributed by atoms with Crippen molar-refractivity contribution in [2.24, 2.45) is 0 Å². The zero-order chi connectivity index (χ0) is 19.6. The smallest absolute Gasteiger partial charge is 0.307 e. The second-order valence-electron chi connectivity index (χ2n) is 6.29. The maximum atomic E-state index is 12.3. The normalized spacial score (nSPS) is 11.5. The predicted octanol–water partition coefficient (Wildman–Crippen LogP) is 3.77. The van der Waals surface area contributed by atoms with Gasteiger partial charge in [0.25, 0.3) is 5.91 Å². The number of carbonyl (C=O) groups excluding carboxylic acids is 3. The van der Waals surface area contributed by atoms with Crippen LogP contribution in [-0.2, 0) is 14.3 Å². The monoisotopic (exact) mass is 367 g/mol. The van der Waals surface area contributed by atoms with Gasteiger partial charge in [0, 0.05) is 18.5 Å². The van der Waals surface area contributed by atoms with Crippen LogP contribution in [0.25, 0.3) is 11.1 Å². The molecule has 2 rings (SSSR count). The van der Waals surface area contributed by atoms with Gasteiger partial charge in [0.15, 0.2) is 11.9 Å². The van der Waals surface area contributed by atoms with E-state index in [9.17, 15) is 14.4 Å². The summed E-state index contributed by atoms with van der Waals surface area (Å²) < 4.78 is 5.07. The maximum absolute atomic E-state index is 12.3. The average molecular weight is 367 g/mol. The summed E-state index contributed by atoms with van der Waals surface area (Å²) in [7, 11) is 0. The molecule has 0 saturated carbocycles. The summed E-state index contributed by atoms with van der Waals surface area (Å²) in [6.45, 7) is 4.00. The minimum Gasteiger partial charge on any atom is -0.453 e. The molecule has 1 N–H and O–H groups in total. The number of ketones is 1. The fourth-order valence-corrected chi connectivity index (χ4v) is 2.54. The Hall–Kier alpha value is -2.95. The molecule has 0 aliphatic heterocycles. The number of amides is 1. The fraction of sp³-hybridized carbons (Fsp3) is 0.318. The zero-order valence-corrected chi connectivity index (χ0v) is 15.7. The molecule has 5 heteroatoms. The standard InChI is InChI=1S/C22H25NO4/c1-3-15-23-22(26)16(2)27-21(25)14-13-20(24)19-11-9-18(10-12-19)17-7-5-4-6-8-17/h4-12,16H,3,13-15H2,1-2H3,(H,23,26)/t16-/m1/s1. The van der Waals surface area contributed by atoms with Gasteiger partial charge in [-0.15, -0.1) is 0 Å². The van der Waals surface area contributed by atoms with Crippen LogP contribution < -0.4 is 5.32 Å². The molecule has 0 aliphatic carbocycles. The summed E-state index contributed by atoms with van der Waals surface area (Å²) in [4.78, 5) is 35.8. The molecule has 0 fully saturated rings. The number of ether oxygens (including phenoxy) is 1. The molecule has 0 radical (unpaired) electrons. The molecule has 142 valence electrons. The van der Waals surface area contributed by atoms with Gasteiger partial charge in [0.1, 0.15) is 0 Å². The molecule has 2 aromatic carbocycles. The lowest BCUT2D eigenvalue weighted by Crippen LogP contribution is -2.36. The molecule has 1 amide bonds. The van der Waals surface area contributed by atoms with Crippen molar-refractivity contribution in [3.05, 3.63) is 60.2 Å². The first-order valence-corrected chi connectivity index (χ1v) is 9.17. The van der Waals surface area contributed by atoms with Crippen LogP contribution >= 0.6 is 0 Å². The van der Waals surface area contributed by atoms with E-state index in [1.165, 1.54) is 6.92 Å². The third-order valence-electron chi connectivity index (χ3n) is 4.10. The molecule has 0 bridgehead atoms. The number of rotatable bonds is 9. The third kappa shape index (κ3) is 6.37. The summed E-state index contributed by atoms with van der Waals surface area (Å²) in [6, 6.07) is 17.2. The summed E-state index contributed by atoms with van der Waals surface area (Å²) in [5.74, 6) is -1.01. The van der Waals surface area contributed by atoms with E-state index in [0.717, 1.165) is 17.5 Å². The minimum absolute atomic E-state index is 0.0484. The molecule has 2 aromatic rings. The van der Waals surface area contributed by atoms with E-state index in [4.69, 9.17) is 4.74 Å². The van der Waals surface area contributed by atoms with Crippen molar-refractivity contribution in [1.82, 2.24) is 5.32 Å². The lowest BCUT2D eigenvalue weighted by molar-refractivity contribution is -0.154. The average Bonchev–Trinajstić information content (AvgIpc) is 2.70. The van der Waals surface area contributed by atoms with E-state index in [-0.39, 0.29) is 24.5 Å². The van der Waals surface area contributed by atoms with Crippen LogP contribution in [0.3, 0.4) is 0 Å². The van der Waals surface area contributed by atoms with Gasteiger partial charge >= 0.3 is 5.97 Å². The Morgan fingerprint density at radius 3 is 2.19 bits per heavy atom. The SMILES string of the molecule is CCCNC(=O)[C@@H](C)OC(=O)CCC(=O)c1ccc(-c2ccccc2)cc1. The minimum atomic E-state index is -0.857. The molecule has 0 heterocycles. The molecule has 0 aliphatic rings. The van der Waals surface area contributed by atoms with Gasteiger partial charge in [-0.2, -0.15) is 0 Å². The zero-order valence-electron chi connectivity index (χ0n) is 15.7. The van der Waals surface area contributed by atoms with Gasteiger partial charge in [-0.1, -0.05) is 61.5 Å². The topological polar surface area (TPSA) is 72.5 Å². The number of carbonyl (C=O) groups is 3. The van der Waals surface area contributed by atoms with Crippen molar-refractivity contribution in [2.45, 2.75) is 39.2 Å². The Morgan fingerprint density at radius 1 is 0.926 bits per heavy atom. The summed E-state index contributed by atoms with van der Waals surface area (Å²) >= 11 is 0. The first-order chi connectivity index (χ1) is 13.0. The first kappa shape index (κ1) is 20.4. The van der Waals surface area contributed by atoms with Crippen LogP contribution in [-0.4, -0.2) is 30.3 Å². The van der Waals surface area contributed by atoms with Gasteiger partial charge in [-0.05, 0) is 24.5 Å². The largest absolute Gasteiger partial charge is 0.453 e. The first-order valence-electron chi connectivity index (χ1n) is 9.17. The van der Waals surface area contributed by atoms with Gasteiger partial charge in [0.2, 0.25) is 0 Å². The van der Waals surface area contributed by atoms with E-state index in [1.807, 2.05) is 49.4 Å². The van der Waals surface area contributed by atoms with E-state index in [2.05, 4.69) is 5.32 Å². The highest BCUT2D eigenvalue weighted by atomic mass is 16.5. The lowest BCUT2D eigenvalue weighted by Gasteiger charge is -2.13. The Kier molecular flexibility index (Phi) is 7.74. The van der Waals surface area contributed by atoms with E-state index in [0.29, 0.717) is 12.1 Å². The fourth-order valence-electron chi connectivity index (χ4n) is 2.54. The van der Waals surface area contributed by atoms with Crippen LogP contribution in [0.5, 0.6) is 0 Å². The van der Waals surface area contributed by atoms with Crippen LogP contribution in [0.15, 0.2) is 54.6 Å². The van der Waals surface area contributed by atoms with Crippen LogP contribution in [0.4, 0.5) is 0 Å². The van der Waals surface area contributed by atoms with Gasteiger partial charge in [-0.3, -0.25) is 14.4 Å². The molecular formula is C22H25NO4. The van der Waals surface area contributed by atoms with Crippen molar-refractivity contribution in [1.29, 1.82) is 0 Å². The van der Waals surface area contributed by atoms with Crippen molar-refractivity contribution in [3.63, 3.8) is 0 Å². The molecule has 27 heavy (non-hydrogen) atoms. The maximum Gasteiger partial charge on any atom is 0.307 e. The van der Waals surface area contributed by atoms with Crippen LogP contribution in [0.2, 0.25) is 0 Å². The van der Waals surface area contributed by atoms with Gasteiger partial charge in [0.05, 0.1) is 6.42 Å². The number of hydrogen-bond acceptors (Lipinski definition) is 4. The van der Waals surface area contributed by atoms with Crippen molar-refractivity contribution < 1.29 is 19.1 Å². The Morgan fingerprint density at radius 2 is 1.56 bits per heavy atom. The van der Waals surface area contributed by atoms with E-state index in [1.54, 1.807) is 12.1 Å². The molecule has 0 unspecified atom stereocenters. The highest BCUT2D eigenvalue weighted by Crippen LogP contribution is 2.20. The number of Topliss-reactive ketones (excluding diaryl/α,β-unsaturated/α-hetero) is 1. The highest BCUT2D eigenvalue weighted by molar-refractivity contribution is 5.98. The van der Waals surface area contributed by atoms with E-state index < -0.39 is 12.1 Å². The molecular weight excluding hydrogens is 342 g/mol. The third-order valence-corrected chi connectivity index (χ3v) is 4.10. The van der Waals surface area contributed by atoms with E-state index >= 15 is 0 Å². The number of hydrogen-bond donors (Lipinski definition) is 1. The second kappa shape index (κ2) is 10.3. The summed E-state index contributed by atoms with van der Waals surface area (Å²) in [5, 5.41) is 2.66.